The molecule has 0 aliphatic rings. The molecule has 0 saturated heterocycles. The predicted molar refractivity (Wildman–Crippen MR) is 113 cm³/mol. The highest BCUT2D eigenvalue weighted by Gasteiger charge is 2.17. The third kappa shape index (κ3) is 4.12. The Balaban J connectivity index is 1.68. The fraction of sp³-hybridized carbons (Fsp3) is 0.217. The Morgan fingerprint density at radius 1 is 1.29 bits per heavy atom. The van der Waals surface area contributed by atoms with Gasteiger partial charge in [0.2, 0.25) is 5.82 Å². The molecular formula is C23H20N4O4. The lowest BCUT2D eigenvalue weighted by Crippen LogP contribution is -2.06. The molecule has 0 unspecified atom stereocenters. The number of aryl methyl sites for hydroxylation is 1. The molecule has 4 aromatic rings. The Hall–Kier alpha value is -4.12. The van der Waals surface area contributed by atoms with Crippen molar-refractivity contribution < 1.29 is 19.2 Å². The maximum atomic E-state index is 10.9. The summed E-state index contributed by atoms with van der Waals surface area (Å²) >= 11 is 0. The standard InChI is InChI=1S/C23H20N4O4/c1-13(2)30-19-7-4-15(11-16(19)12-24)23-26-22(27-31-23)18-6-3-14(5-8-20(28)29)21-17(18)9-10-25-21/h3-4,6-7,9-11,13,25H,5,8H2,1-2H3,(H,28,29). The van der Waals surface area contributed by atoms with Gasteiger partial charge >= 0.3 is 5.97 Å². The number of nitriles is 1. The van der Waals surface area contributed by atoms with Crippen molar-refractivity contribution in [2.45, 2.75) is 32.8 Å². The van der Waals surface area contributed by atoms with E-state index in [-0.39, 0.29) is 12.5 Å². The third-order valence-corrected chi connectivity index (χ3v) is 4.79. The summed E-state index contributed by atoms with van der Waals surface area (Å²) in [5.41, 5.74) is 3.54. The van der Waals surface area contributed by atoms with Crippen LogP contribution >= 0.6 is 0 Å². The minimum absolute atomic E-state index is 0.0461. The Bertz CT molecular complexity index is 1300. The van der Waals surface area contributed by atoms with E-state index >= 15 is 0 Å². The van der Waals surface area contributed by atoms with Crippen molar-refractivity contribution in [3.8, 4) is 34.7 Å². The predicted octanol–water partition coefficient (Wildman–Crippen LogP) is 4.56. The zero-order valence-corrected chi connectivity index (χ0v) is 17.0. The highest BCUT2D eigenvalue weighted by molar-refractivity contribution is 5.95. The van der Waals surface area contributed by atoms with Crippen LogP contribution in [-0.4, -0.2) is 32.3 Å². The van der Waals surface area contributed by atoms with Gasteiger partial charge in [-0.1, -0.05) is 17.3 Å². The van der Waals surface area contributed by atoms with E-state index in [2.05, 4.69) is 21.2 Å². The number of carbonyl (C=O) groups is 1. The van der Waals surface area contributed by atoms with E-state index in [9.17, 15) is 10.1 Å². The molecule has 0 bridgehead atoms. The molecule has 0 saturated carbocycles. The highest BCUT2D eigenvalue weighted by atomic mass is 16.5. The number of carboxylic acids is 1. The number of aliphatic carboxylic acids is 1. The number of nitrogens with zero attached hydrogens (tertiary/aromatic N) is 3. The van der Waals surface area contributed by atoms with Crippen molar-refractivity contribution in [1.82, 2.24) is 15.1 Å². The fourth-order valence-corrected chi connectivity index (χ4v) is 3.42. The smallest absolute Gasteiger partial charge is 0.303 e. The molecule has 156 valence electrons. The normalized spacial score (nSPS) is 11.0. The van der Waals surface area contributed by atoms with Crippen LogP contribution in [0, 0.1) is 11.3 Å². The molecule has 2 aromatic carbocycles. The summed E-state index contributed by atoms with van der Waals surface area (Å²) in [7, 11) is 0. The number of aromatic amines is 1. The van der Waals surface area contributed by atoms with Crippen LogP contribution in [0.15, 0.2) is 47.1 Å². The molecule has 2 heterocycles. The summed E-state index contributed by atoms with van der Waals surface area (Å²) in [6.07, 6.45) is 2.23. The van der Waals surface area contributed by atoms with E-state index in [0.29, 0.717) is 35.0 Å². The van der Waals surface area contributed by atoms with Gasteiger partial charge in [0, 0.05) is 34.6 Å². The summed E-state index contributed by atoms with van der Waals surface area (Å²) < 4.78 is 11.1. The Kier molecular flexibility index (Phi) is 5.41. The van der Waals surface area contributed by atoms with Crippen LogP contribution in [0.1, 0.15) is 31.4 Å². The molecule has 0 spiro atoms. The number of fused-ring (bicyclic) bond motifs is 1. The lowest BCUT2D eigenvalue weighted by atomic mass is 10.0. The van der Waals surface area contributed by atoms with Crippen molar-refractivity contribution in [1.29, 1.82) is 5.26 Å². The van der Waals surface area contributed by atoms with E-state index in [4.69, 9.17) is 14.4 Å². The molecular weight excluding hydrogens is 396 g/mol. The van der Waals surface area contributed by atoms with Gasteiger partial charge in [0.1, 0.15) is 11.8 Å². The molecule has 0 aliphatic heterocycles. The second-order valence-electron chi connectivity index (χ2n) is 7.34. The van der Waals surface area contributed by atoms with Gasteiger partial charge in [-0.05, 0) is 50.1 Å². The molecule has 2 N–H and O–H groups in total. The maximum Gasteiger partial charge on any atom is 0.303 e. The maximum absolute atomic E-state index is 10.9. The summed E-state index contributed by atoms with van der Waals surface area (Å²) in [6.45, 7) is 3.79. The van der Waals surface area contributed by atoms with Crippen LogP contribution < -0.4 is 4.74 Å². The molecule has 0 radical (unpaired) electrons. The van der Waals surface area contributed by atoms with E-state index in [0.717, 1.165) is 22.0 Å². The average Bonchev–Trinajstić information content (AvgIpc) is 3.42. The molecule has 0 fully saturated rings. The number of carboxylic acid groups (broad SMARTS) is 1. The molecule has 8 heteroatoms. The Morgan fingerprint density at radius 2 is 2.13 bits per heavy atom. The van der Waals surface area contributed by atoms with Gasteiger partial charge in [0.25, 0.3) is 5.89 Å². The molecule has 2 aromatic heterocycles. The molecule has 0 amide bonds. The van der Waals surface area contributed by atoms with E-state index in [1.807, 2.05) is 32.0 Å². The van der Waals surface area contributed by atoms with Crippen molar-refractivity contribution in [2.75, 3.05) is 0 Å². The Labute approximate surface area is 178 Å². The first-order valence-corrected chi connectivity index (χ1v) is 9.82. The van der Waals surface area contributed by atoms with E-state index in [1.165, 1.54) is 0 Å². The quantitative estimate of drug-likeness (QED) is 0.452. The van der Waals surface area contributed by atoms with E-state index < -0.39 is 5.97 Å². The SMILES string of the molecule is CC(C)Oc1ccc(-c2nc(-c3ccc(CCC(=O)O)c4[nH]ccc34)no2)cc1C#N. The van der Waals surface area contributed by atoms with Crippen molar-refractivity contribution in [2.24, 2.45) is 0 Å². The van der Waals surface area contributed by atoms with Crippen LogP contribution in [0.25, 0.3) is 33.7 Å². The van der Waals surface area contributed by atoms with Crippen LogP contribution in [-0.2, 0) is 11.2 Å². The number of benzene rings is 2. The summed E-state index contributed by atoms with van der Waals surface area (Å²) in [5.74, 6) is 0.367. The van der Waals surface area contributed by atoms with Gasteiger partial charge in [-0.25, -0.2) is 0 Å². The lowest BCUT2D eigenvalue weighted by Gasteiger charge is -2.11. The fourth-order valence-electron chi connectivity index (χ4n) is 3.42. The average molecular weight is 416 g/mol. The zero-order chi connectivity index (χ0) is 22.0. The van der Waals surface area contributed by atoms with Gasteiger partial charge in [-0.15, -0.1) is 0 Å². The first-order valence-electron chi connectivity index (χ1n) is 9.82. The highest BCUT2D eigenvalue weighted by Crippen LogP contribution is 2.32. The second kappa shape index (κ2) is 8.32. The topological polar surface area (TPSA) is 125 Å². The number of nitrogens with one attached hydrogen (secondary N) is 1. The number of hydrogen-bond donors (Lipinski definition) is 2. The van der Waals surface area contributed by atoms with Crippen molar-refractivity contribution in [3.63, 3.8) is 0 Å². The molecule has 0 atom stereocenters. The second-order valence-corrected chi connectivity index (χ2v) is 7.34. The minimum atomic E-state index is -0.840. The van der Waals surface area contributed by atoms with Crippen molar-refractivity contribution in [3.05, 3.63) is 53.7 Å². The van der Waals surface area contributed by atoms with Crippen LogP contribution in [0.3, 0.4) is 0 Å². The number of rotatable bonds is 7. The first-order chi connectivity index (χ1) is 15.0. The van der Waals surface area contributed by atoms with E-state index in [1.54, 1.807) is 24.4 Å². The third-order valence-electron chi connectivity index (χ3n) is 4.79. The number of H-pyrrole nitrogens is 1. The van der Waals surface area contributed by atoms with Crippen LogP contribution in [0.5, 0.6) is 5.75 Å². The largest absolute Gasteiger partial charge is 0.490 e. The van der Waals surface area contributed by atoms with Crippen molar-refractivity contribution >= 4 is 16.9 Å². The summed E-state index contributed by atoms with van der Waals surface area (Å²) in [6, 6.07) is 12.9. The molecule has 0 aliphatic carbocycles. The molecule has 31 heavy (non-hydrogen) atoms. The number of aromatic nitrogens is 3. The van der Waals surface area contributed by atoms with Gasteiger partial charge in [-0.2, -0.15) is 10.2 Å². The monoisotopic (exact) mass is 416 g/mol. The lowest BCUT2D eigenvalue weighted by molar-refractivity contribution is -0.136. The molecule has 4 rings (SSSR count). The van der Waals surface area contributed by atoms with Gasteiger partial charge in [-0.3, -0.25) is 4.79 Å². The number of ether oxygens (including phenoxy) is 1. The van der Waals surface area contributed by atoms with Crippen LogP contribution in [0.4, 0.5) is 0 Å². The zero-order valence-electron chi connectivity index (χ0n) is 17.0. The minimum Gasteiger partial charge on any atom is -0.490 e. The summed E-state index contributed by atoms with van der Waals surface area (Å²) in [5, 5.41) is 23.4. The summed E-state index contributed by atoms with van der Waals surface area (Å²) in [4.78, 5) is 18.6. The van der Waals surface area contributed by atoms with Gasteiger partial charge < -0.3 is 19.4 Å². The Morgan fingerprint density at radius 3 is 2.87 bits per heavy atom. The van der Waals surface area contributed by atoms with Crippen LogP contribution in [0.2, 0.25) is 0 Å². The van der Waals surface area contributed by atoms with Gasteiger partial charge in [0.05, 0.1) is 11.7 Å². The first kappa shape index (κ1) is 20.2. The number of hydrogen-bond acceptors (Lipinski definition) is 6. The van der Waals surface area contributed by atoms with Gasteiger partial charge in [0.15, 0.2) is 0 Å². The molecule has 8 nitrogen and oxygen atoms in total.